The van der Waals surface area contributed by atoms with Gasteiger partial charge in [0.1, 0.15) is 5.25 Å². The van der Waals surface area contributed by atoms with Crippen LogP contribution in [0.4, 0.5) is 5.69 Å². The Kier molecular flexibility index (Phi) is 5.34. The quantitative estimate of drug-likeness (QED) is 0.687. The van der Waals surface area contributed by atoms with Gasteiger partial charge in [-0.3, -0.25) is 4.79 Å². The van der Waals surface area contributed by atoms with E-state index < -0.39 is 0 Å². The van der Waals surface area contributed by atoms with Crippen molar-refractivity contribution in [3.05, 3.63) is 71.5 Å². The average molecular weight is 394 g/mol. The Bertz CT molecular complexity index is 955. The Morgan fingerprint density at radius 1 is 1.14 bits per heavy atom. The number of anilines is 1. The summed E-state index contributed by atoms with van der Waals surface area (Å²) < 4.78 is 1.94. The molecule has 0 spiro atoms. The van der Waals surface area contributed by atoms with Crippen LogP contribution >= 0.6 is 11.8 Å². The van der Waals surface area contributed by atoms with Crippen molar-refractivity contribution in [3.63, 3.8) is 0 Å². The molecule has 6 nitrogen and oxygen atoms in total. The highest BCUT2D eigenvalue weighted by molar-refractivity contribution is 8.00. The van der Waals surface area contributed by atoms with Crippen LogP contribution in [0, 0.1) is 6.92 Å². The van der Waals surface area contributed by atoms with Crippen LogP contribution in [0.5, 0.6) is 0 Å². The van der Waals surface area contributed by atoms with Crippen molar-refractivity contribution >= 4 is 23.4 Å². The molecule has 28 heavy (non-hydrogen) atoms. The Hall–Kier alpha value is -2.80. The number of hydrogen-bond acceptors (Lipinski definition) is 5. The molecule has 1 aliphatic heterocycles. The van der Waals surface area contributed by atoms with Gasteiger partial charge in [0.15, 0.2) is 5.82 Å². The molecule has 4 rings (SSSR count). The number of nitrogens with one attached hydrogen (secondary N) is 2. The molecule has 0 aliphatic carbocycles. The maximum absolute atomic E-state index is 13.1. The molecule has 2 aromatic carbocycles. The second kappa shape index (κ2) is 8.06. The van der Waals surface area contributed by atoms with E-state index in [0.717, 1.165) is 35.1 Å². The second-order valence-electron chi connectivity index (χ2n) is 6.90. The fourth-order valence-corrected chi connectivity index (χ4v) is 4.34. The third-order valence-electron chi connectivity index (χ3n) is 4.71. The van der Waals surface area contributed by atoms with Gasteiger partial charge in [0, 0.05) is 12.1 Å². The van der Waals surface area contributed by atoms with Gasteiger partial charge in [0.2, 0.25) is 11.1 Å². The third kappa shape index (κ3) is 3.75. The molecule has 1 amide bonds. The largest absolute Gasteiger partial charge is 0.325 e. The Labute approximate surface area is 168 Å². The maximum atomic E-state index is 13.1. The fraction of sp³-hybridized carbons (Fsp3) is 0.286. The fourth-order valence-electron chi connectivity index (χ4n) is 3.24. The monoisotopic (exact) mass is 393 g/mol. The van der Waals surface area contributed by atoms with Gasteiger partial charge in [0.25, 0.3) is 0 Å². The Morgan fingerprint density at radius 2 is 1.89 bits per heavy atom. The zero-order valence-corrected chi connectivity index (χ0v) is 16.7. The highest BCUT2D eigenvalue weighted by atomic mass is 32.2. The predicted molar refractivity (Wildman–Crippen MR) is 112 cm³/mol. The summed E-state index contributed by atoms with van der Waals surface area (Å²) in [5.41, 5.74) is 6.53. The maximum Gasteiger partial charge on any atom is 0.240 e. The summed E-state index contributed by atoms with van der Waals surface area (Å²) in [5, 5.41) is 12.0. The number of carbonyl (C=O) groups excluding carboxylic acids is 1. The lowest BCUT2D eigenvalue weighted by Gasteiger charge is -2.33. The van der Waals surface area contributed by atoms with Gasteiger partial charge in [-0.2, -0.15) is 0 Å². The molecule has 0 fully saturated rings. The molecule has 1 aliphatic rings. The van der Waals surface area contributed by atoms with Gasteiger partial charge in [-0.05, 0) is 31.0 Å². The summed E-state index contributed by atoms with van der Waals surface area (Å²) in [7, 11) is 0. The van der Waals surface area contributed by atoms with Crippen LogP contribution in [0.3, 0.4) is 0 Å². The second-order valence-corrected chi connectivity index (χ2v) is 8.00. The molecule has 0 bridgehead atoms. The normalized spacial score (nSPS) is 18.2. The molecule has 0 saturated carbocycles. The molecule has 0 radical (unpaired) electrons. The first-order valence-electron chi connectivity index (χ1n) is 9.45. The van der Waals surface area contributed by atoms with Crippen molar-refractivity contribution in [1.29, 1.82) is 0 Å². The van der Waals surface area contributed by atoms with Crippen LogP contribution < -0.4 is 10.7 Å². The highest BCUT2D eigenvalue weighted by Gasteiger charge is 2.37. The van der Waals surface area contributed by atoms with Crippen molar-refractivity contribution in [2.75, 3.05) is 10.7 Å². The number of amides is 1. The van der Waals surface area contributed by atoms with Crippen molar-refractivity contribution in [2.24, 2.45) is 0 Å². The topological polar surface area (TPSA) is 71.8 Å². The SMILES string of the molecule is CCCc1nnc2n1NC(c1ccc(C)cc1)C(C(=O)Nc1ccccc1)S2. The lowest BCUT2D eigenvalue weighted by atomic mass is 10.0. The van der Waals surface area contributed by atoms with E-state index in [-0.39, 0.29) is 17.2 Å². The van der Waals surface area contributed by atoms with Gasteiger partial charge in [0.05, 0.1) is 6.04 Å². The van der Waals surface area contributed by atoms with Gasteiger partial charge in [-0.25, -0.2) is 4.68 Å². The van der Waals surface area contributed by atoms with Gasteiger partial charge >= 0.3 is 0 Å². The summed E-state index contributed by atoms with van der Waals surface area (Å²) in [5.74, 6) is 0.838. The van der Waals surface area contributed by atoms with Crippen molar-refractivity contribution in [2.45, 2.75) is 43.1 Å². The first-order chi connectivity index (χ1) is 13.7. The lowest BCUT2D eigenvalue weighted by molar-refractivity contribution is -0.116. The molecular weight excluding hydrogens is 370 g/mol. The van der Waals surface area contributed by atoms with E-state index >= 15 is 0 Å². The molecule has 2 heterocycles. The Morgan fingerprint density at radius 3 is 2.61 bits per heavy atom. The number of fused-ring (bicyclic) bond motifs is 1. The molecule has 3 aromatic rings. The number of para-hydroxylation sites is 1. The summed E-state index contributed by atoms with van der Waals surface area (Å²) >= 11 is 1.45. The molecular formula is C21H23N5OS. The minimum absolute atomic E-state index is 0.0550. The van der Waals surface area contributed by atoms with E-state index in [0.29, 0.717) is 0 Å². The standard InChI is InChI=1S/C21H23N5OS/c1-3-7-17-23-24-21-26(17)25-18(15-12-10-14(2)11-13-15)19(28-21)20(27)22-16-8-5-4-6-9-16/h4-6,8-13,18-19,25H,3,7H2,1-2H3,(H,22,27). The van der Waals surface area contributed by atoms with Crippen LogP contribution in [0.2, 0.25) is 0 Å². The first-order valence-corrected chi connectivity index (χ1v) is 10.3. The van der Waals surface area contributed by atoms with E-state index in [1.807, 2.05) is 35.0 Å². The molecule has 144 valence electrons. The number of aromatic nitrogens is 3. The number of nitrogens with zero attached hydrogens (tertiary/aromatic N) is 3. The third-order valence-corrected chi connectivity index (χ3v) is 5.93. The van der Waals surface area contributed by atoms with Crippen LogP contribution in [0.1, 0.15) is 36.3 Å². The van der Waals surface area contributed by atoms with Gasteiger partial charge in [-0.15, -0.1) is 10.2 Å². The minimum atomic E-state index is -0.367. The predicted octanol–water partition coefficient (Wildman–Crippen LogP) is 3.94. The van der Waals surface area contributed by atoms with Crippen LogP contribution in [-0.4, -0.2) is 26.0 Å². The number of benzene rings is 2. The molecule has 0 saturated heterocycles. The zero-order chi connectivity index (χ0) is 19.5. The van der Waals surface area contributed by atoms with Crippen molar-refractivity contribution < 1.29 is 4.79 Å². The van der Waals surface area contributed by atoms with Crippen LogP contribution in [0.15, 0.2) is 59.8 Å². The van der Waals surface area contributed by atoms with Crippen molar-refractivity contribution in [1.82, 2.24) is 14.9 Å². The summed E-state index contributed by atoms with van der Waals surface area (Å²) in [4.78, 5) is 13.1. The highest BCUT2D eigenvalue weighted by Crippen LogP contribution is 2.37. The van der Waals surface area contributed by atoms with Crippen LogP contribution in [-0.2, 0) is 11.2 Å². The molecule has 2 atom stereocenters. The van der Waals surface area contributed by atoms with Gasteiger partial charge < -0.3 is 10.7 Å². The van der Waals surface area contributed by atoms with Crippen molar-refractivity contribution in [3.8, 4) is 0 Å². The minimum Gasteiger partial charge on any atom is -0.325 e. The zero-order valence-electron chi connectivity index (χ0n) is 15.9. The summed E-state index contributed by atoms with van der Waals surface area (Å²) in [6.07, 6.45) is 1.82. The average Bonchev–Trinajstić information content (AvgIpc) is 3.11. The smallest absolute Gasteiger partial charge is 0.240 e. The molecule has 1 aromatic heterocycles. The van der Waals surface area contributed by atoms with Crippen LogP contribution in [0.25, 0.3) is 0 Å². The van der Waals surface area contributed by atoms with Gasteiger partial charge in [-0.1, -0.05) is 66.7 Å². The number of aryl methyl sites for hydroxylation is 2. The number of rotatable bonds is 5. The van der Waals surface area contributed by atoms with E-state index in [1.54, 1.807) is 0 Å². The summed E-state index contributed by atoms with van der Waals surface area (Å²) in [6, 6.07) is 17.6. The molecule has 7 heteroatoms. The first kappa shape index (κ1) is 18.6. The van der Waals surface area contributed by atoms with E-state index in [2.05, 4.69) is 59.1 Å². The number of hydrogen-bond donors (Lipinski definition) is 2. The molecule has 2 unspecified atom stereocenters. The van der Waals surface area contributed by atoms with E-state index in [4.69, 9.17) is 0 Å². The lowest BCUT2D eigenvalue weighted by Crippen LogP contribution is -2.41. The van der Waals surface area contributed by atoms with E-state index in [9.17, 15) is 4.79 Å². The Balaban J connectivity index is 1.66. The molecule has 2 N–H and O–H groups in total. The number of carbonyl (C=O) groups is 1. The van der Waals surface area contributed by atoms with E-state index in [1.165, 1.54) is 17.3 Å². The summed E-state index contributed by atoms with van der Waals surface area (Å²) in [6.45, 7) is 4.18. The number of thioether (sulfide) groups is 1.